The maximum Gasteiger partial charge on any atom is 0.228 e. The third-order valence-corrected chi connectivity index (χ3v) is 4.56. The first-order valence-corrected chi connectivity index (χ1v) is 9.03. The molecule has 2 rings (SSSR count). The van der Waals surface area contributed by atoms with E-state index in [1.54, 1.807) is 7.11 Å². The molecule has 0 spiro atoms. The van der Waals surface area contributed by atoms with Crippen LogP contribution in [0.4, 0.5) is 0 Å². The van der Waals surface area contributed by atoms with Gasteiger partial charge in [-0.05, 0) is 37.5 Å². The Morgan fingerprint density at radius 3 is 2.36 bits per heavy atom. The summed E-state index contributed by atoms with van der Waals surface area (Å²) in [6, 6.07) is 7.93. The van der Waals surface area contributed by atoms with Gasteiger partial charge in [-0.15, -0.1) is 0 Å². The first-order chi connectivity index (χ1) is 11.8. The molecule has 0 radical (unpaired) electrons. The topological polar surface area (TPSA) is 49.9 Å². The van der Waals surface area contributed by atoms with E-state index in [4.69, 9.17) is 4.74 Å². The molecule has 5 nitrogen and oxygen atoms in total. The molecule has 0 saturated carbocycles. The first-order valence-electron chi connectivity index (χ1n) is 9.03. The molecule has 1 aromatic carbocycles. The first kappa shape index (κ1) is 19.3. The van der Waals surface area contributed by atoms with Crippen molar-refractivity contribution < 1.29 is 14.3 Å². The summed E-state index contributed by atoms with van der Waals surface area (Å²) in [6.45, 7) is 9.99. The Morgan fingerprint density at radius 2 is 1.88 bits per heavy atom. The zero-order chi connectivity index (χ0) is 18.6. The number of hydrogen-bond donors (Lipinski definition) is 0. The molecule has 1 aliphatic rings. The van der Waals surface area contributed by atoms with Gasteiger partial charge in [0.15, 0.2) is 0 Å². The van der Waals surface area contributed by atoms with Crippen molar-refractivity contribution in [1.29, 1.82) is 0 Å². The summed E-state index contributed by atoms with van der Waals surface area (Å²) >= 11 is 0. The number of hydrogen-bond acceptors (Lipinski definition) is 3. The number of carbonyl (C=O) groups is 2. The van der Waals surface area contributed by atoms with E-state index in [9.17, 15) is 9.59 Å². The maximum atomic E-state index is 13.0. The molecular formula is C20H30N2O3. The van der Waals surface area contributed by atoms with Crippen molar-refractivity contribution in [1.82, 2.24) is 9.80 Å². The summed E-state index contributed by atoms with van der Waals surface area (Å²) in [5.74, 6) is 1.12. The highest BCUT2D eigenvalue weighted by molar-refractivity contribution is 5.89. The molecule has 0 aromatic heterocycles. The molecule has 25 heavy (non-hydrogen) atoms. The van der Waals surface area contributed by atoms with Crippen LogP contribution in [0.15, 0.2) is 24.3 Å². The minimum Gasteiger partial charge on any atom is -0.497 e. The molecule has 0 bridgehead atoms. The molecule has 1 aliphatic heterocycles. The minimum atomic E-state index is -0.230. The fraction of sp³-hybridized carbons (Fsp3) is 0.600. The number of carbonyl (C=O) groups excluding carboxylic acids is 2. The zero-order valence-electron chi connectivity index (χ0n) is 16.0. The Hall–Kier alpha value is -2.04. The van der Waals surface area contributed by atoms with Crippen LogP contribution in [-0.4, -0.2) is 47.9 Å². The molecule has 2 amide bonds. The number of rotatable bonds is 7. The lowest BCUT2D eigenvalue weighted by molar-refractivity contribution is -0.137. The van der Waals surface area contributed by atoms with Crippen LogP contribution in [0.3, 0.4) is 0 Å². The Morgan fingerprint density at radius 1 is 1.24 bits per heavy atom. The molecular weight excluding hydrogens is 316 g/mol. The van der Waals surface area contributed by atoms with Gasteiger partial charge in [0.1, 0.15) is 5.75 Å². The van der Waals surface area contributed by atoms with E-state index in [0.29, 0.717) is 32.0 Å². The molecule has 1 atom stereocenters. The van der Waals surface area contributed by atoms with Gasteiger partial charge in [0.2, 0.25) is 11.8 Å². The predicted octanol–water partition coefficient (Wildman–Crippen LogP) is 2.94. The van der Waals surface area contributed by atoms with E-state index in [-0.39, 0.29) is 23.8 Å². The molecule has 1 aromatic rings. The second-order valence-corrected chi connectivity index (χ2v) is 7.50. The number of ether oxygens (including phenoxy) is 1. The third kappa shape index (κ3) is 4.97. The van der Waals surface area contributed by atoms with E-state index >= 15 is 0 Å². The van der Waals surface area contributed by atoms with Crippen LogP contribution in [0, 0.1) is 11.8 Å². The maximum absolute atomic E-state index is 13.0. The van der Waals surface area contributed by atoms with Crippen LogP contribution in [-0.2, 0) is 16.1 Å². The largest absolute Gasteiger partial charge is 0.497 e. The summed E-state index contributed by atoms with van der Waals surface area (Å²) in [5.41, 5.74) is 1.07. The average Bonchev–Trinajstić information content (AvgIpc) is 2.96. The van der Waals surface area contributed by atoms with Gasteiger partial charge in [-0.1, -0.05) is 26.0 Å². The SMILES string of the molecule is COc1ccc(CN(CC(C)C)C(=O)[C@@H]2CC(=O)N(C(C)C)C2)cc1. The highest BCUT2D eigenvalue weighted by atomic mass is 16.5. The van der Waals surface area contributed by atoms with Crippen LogP contribution >= 0.6 is 0 Å². The van der Waals surface area contributed by atoms with Crippen molar-refractivity contribution in [3.05, 3.63) is 29.8 Å². The Bertz CT molecular complexity index is 595. The van der Waals surface area contributed by atoms with Gasteiger partial charge in [0.25, 0.3) is 0 Å². The minimum absolute atomic E-state index is 0.0843. The number of nitrogens with zero attached hydrogens (tertiary/aromatic N) is 2. The number of likely N-dealkylation sites (tertiary alicyclic amines) is 1. The van der Waals surface area contributed by atoms with E-state index in [1.165, 1.54) is 0 Å². The van der Waals surface area contributed by atoms with Crippen LogP contribution in [0.2, 0.25) is 0 Å². The van der Waals surface area contributed by atoms with Crippen molar-refractivity contribution in [2.75, 3.05) is 20.2 Å². The Kier molecular flexibility index (Phi) is 6.45. The lowest BCUT2D eigenvalue weighted by Gasteiger charge is -2.28. The van der Waals surface area contributed by atoms with Gasteiger partial charge in [-0.3, -0.25) is 9.59 Å². The summed E-state index contributed by atoms with van der Waals surface area (Å²) in [7, 11) is 1.64. The fourth-order valence-electron chi connectivity index (χ4n) is 3.28. The van der Waals surface area contributed by atoms with Gasteiger partial charge in [-0.25, -0.2) is 0 Å². The van der Waals surface area contributed by atoms with Crippen LogP contribution in [0.1, 0.15) is 39.7 Å². The van der Waals surface area contributed by atoms with Gasteiger partial charge >= 0.3 is 0 Å². The lowest BCUT2D eigenvalue weighted by Crippen LogP contribution is -2.39. The zero-order valence-corrected chi connectivity index (χ0v) is 16.0. The van der Waals surface area contributed by atoms with E-state index in [1.807, 2.05) is 47.9 Å². The highest BCUT2D eigenvalue weighted by Gasteiger charge is 2.37. The normalized spacial score (nSPS) is 17.5. The number of benzene rings is 1. The Labute approximate surface area is 150 Å². The molecule has 0 unspecified atom stereocenters. The van der Waals surface area contributed by atoms with Crippen molar-refractivity contribution in [2.24, 2.45) is 11.8 Å². The summed E-state index contributed by atoms with van der Waals surface area (Å²) < 4.78 is 5.19. The number of methoxy groups -OCH3 is 1. The lowest BCUT2D eigenvalue weighted by atomic mass is 10.0. The third-order valence-electron chi connectivity index (χ3n) is 4.56. The molecule has 1 heterocycles. The quantitative estimate of drug-likeness (QED) is 0.763. The summed E-state index contributed by atoms with van der Waals surface area (Å²) in [5, 5.41) is 0. The molecule has 1 fully saturated rings. The second kappa shape index (κ2) is 8.37. The van der Waals surface area contributed by atoms with E-state index in [2.05, 4.69) is 13.8 Å². The number of amides is 2. The predicted molar refractivity (Wildman–Crippen MR) is 98.2 cm³/mol. The van der Waals surface area contributed by atoms with Crippen LogP contribution < -0.4 is 4.74 Å². The summed E-state index contributed by atoms with van der Waals surface area (Å²) in [6.07, 6.45) is 0.328. The van der Waals surface area contributed by atoms with E-state index < -0.39 is 0 Å². The molecule has 138 valence electrons. The van der Waals surface area contributed by atoms with Crippen LogP contribution in [0.25, 0.3) is 0 Å². The smallest absolute Gasteiger partial charge is 0.228 e. The Balaban J connectivity index is 2.10. The van der Waals surface area contributed by atoms with Gasteiger partial charge in [0, 0.05) is 32.1 Å². The molecule has 1 saturated heterocycles. The summed E-state index contributed by atoms with van der Waals surface area (Å²) in [4.78, 5) is 28.9. The van der Waals surface area contributed by atoms with Crippen molar-refractivity contribution >= 4 is 11.8 Å². The van der Waals surface area contributed by atoms with Crippen LogP contribution in [0.5, 0.6) is 5.75 Å². The molecule has 0 N–H and O–H groups in total. The van der Waals surface area contributed by atoms with Gasteiger partial charge in [-0.2, -0.15) is 0 Å². The highest BCUT2D eigenvalue weighted by Crippen LogP contribution is 2.24. The second-order valence-electron chi connectivity index (χ2n) is 7.50. The monoisotopic (exact) mass is 346 g/mol. The standard InChI is InChI=1S/C20H30N2O3/c1-14(2)11-21(12-16-6-8-18(25-5)9-7-16)20(24)17-10-19(23)22(13-17)15(3)4/h6-9,14-15,17H,10-13H2,1-5H3/t17-/m1/s1. The molecule has 0 aliphatic carbocycles. The van der Waals surface area contributed by atoms with Crippen molar-refractivity contribution in [3.8, 4) is 5.75 Å². The van der Waals surface area contributed by atoms with Gasteiger partial charge in [0.05, 0.1) is 13.0 Å². The fourth-order valence-corrected chi connectivity index (χ4v) is 3.28. The van der Waals surface area contributed by atoms with Crippen molar-refractivity contribution in [3.63, 3.8) is 0 Å². The van der Waals surface area contributed by atoms with Crippen molar-refractivity contribution in [2.45, 2.75) is 46.7 Å². The van der Waals surface area contributed by atoms with Gasteiger partial charge < -0.3 is 14.5 Å². The van der Waals surface area contributed by atoms with E-state index in [0.717, 1.165) is 11.3 Å². The average molecular weight is 346 g/mol. The molecule has 5 heteroatoms.